The van der Waals surface area contributed by atoms with E-state index in [1.165, 1.54) is 6.42 Å². The molecule has 0 saturated carbocycles. The predicted molar refractivity (Wildman–Crippen MR) is 91.2 cm³/mol. The molecule has 0 unspecified atom stereocenters. The molecule has 0 radical (unpaired) electrons. The van der Waals surface area contributed by atoms with Crippen LogP contribution in [0.2, 0.25) is 5.02 Å². The zero-order valence-electron chi connectivity index (χ0n) is 13.6. The highest BCUT2D eigenvalue weighted by Gasteiger charge is 2.20. The van der Waals surface area contributed by atoms with E-state index in [1.54, 1.807) is 30.1 Å². The van der Waals surface area contributed by atoms with Gasteiger partial charge in [-0.3, -0.25) is 4.79 Å². The number of amides is 1. The summed E-state index contributed by atoms with van der Waals surface area (Å²) in [5, 5.41) is 0.512. The monoisotopic (exact) mass is 340 g/mol. The van der Waals surface area contributed by atoms with E-state index in [1.807, 2.05) is 0 Å². The lowest BCUT2D eigenvalue weighted by molar-refractivity contribution is 0.00707. The first-order chi connectivity index (χ1) is 11.1. The second kappa shape index (κ2) is 9.11. The standard InChI is InChI=1S/C17H25ClN2O3/c1-20(9-7-14-4-2-3-10-22-14)17(21)15-12-13(18)5-6-16(15)23-11-8-19/h5-6,12,14H,2-4,7-11,19H2,1H3/t14-/m0/s1. The largest absolute Gasteiger partial charge is 0.491 e. The smallest absolute Gasteiger partial charge is 0.257 e. The van der Waals surface area contributed by atoms with Gasteiger partial charge in [-0.25, -0.2) is 0 Å². The van der Waals surface area contributed by atoms with E-state index in [4.69, 9.17) is 26.8 Å². The minimum Gasteiger partial charge on any atom is -0.491 e. The molecule has 1 fully saturated rings. The molecule has 1 saturated heterocycles. The van der Waals surface area contributed by atoms with Crippen molar-refractivity contribution in [1.29, 1.82) is 0 Å². The van der Waals surface area contributed by atoms with Gasteiger partial charge in [0.2, 0.25) is 0 Å². The van der Waals surface area contributed by atoms with Crippen molar-refractivity contribution in [1.82, 2.24) is 4.90 Å². The van der Waals surface area contributed by atoms with E-state index in [9.17, 15) is 4.79 Å². The summed E-state index contributed by atoms with van der Waals surface area (Å²) in [7, 11) is 1.79. The van der Waals surface area contributed by atoms with Gasteiger partial charge in [0, 0.05) is 31.8 Å². The maximum Gasteiger partial charge on any atom is 0.257 e. The molecule has 1 aromatic rings. The fourth-order valence-corrected chi connectivity index (χ4v) is 2.82. The van der Waals surface area contributed by atoms with Crippen molar-refractivity contribution in [3.05, 3.63) is 28.8 Å². The van der Waals surface area contributed by atoms with Gasteiger partial charge in [0.25, 0.3) is 5.91 Å². The highest BCUT2D eigenvalue weighted by molar-refractivity contribution is 6.31. The molecule has 128 valence electrons. The molecule has 1 aliphatic rings. The lowest BCUT2D eigenvalue weighted by atomic mass is 10.1. The van der Waals surface area contributed by atoms with Gasteiger partial charge in [-0.15, -0.1) is 0 Å². The highest BCUT2D eigenvalue weighted by Crippen LogP contribution is 2.24. The van der Waals surface area contributed by atoms with Crippen molar-refractivity contribution in [2.24, 2.45) is 5.73 Å². The third-order valence-electron chi connectivity index (χ3n) is 3.95. The van der Waals surface area contributed by atoms with Crippen LogP contribution in [-0.4, -0.2) is 50.3 Å². The third kappa shape index (κ3) is 5.37. The number of benzene rings is 1. The third-order valence-corrected chi connectivity index (χ3v) is 4.19. The zero-order chi connectivity index (χ0) is 16.7. The van der Waals surface area contributed by atoms with Crippen molar-refractivity contribution in [2.75, 3.05) is 33.4 Å². The topological polar surface area (TPSA) is 64.8 Å². The molecule has 2 rings (SSSR count). The SMILES string of the molecule is CN(CC[C@@H]1CCCCO1)C(=O)c1cc(Cl)ccc1OCCN. The van der Waals surface area contributed by atoms with E-state index in [0.717, 1.165) is 25.9 Å². The van der Waals surface area contributed by atoms with Gasteiger partial charge in [0.05, 0.1) is 11.7 Å². The predicted octanol–water partition coefficient (Wildman–Crippen LogP) is 2.71. The van der Waals surface area contributed by atoms with Crippen molar-refractivity contribution in [3.8, 4) is 5.75 Å². The number of hydrogen-bond acceptors (Lipinski definition) is 4. The summed E-state index contributed by atoms with van der Waals surface area (Å²) in [6, 6.07) is 5.06. The Bertz CT molecular complexity index is 519. The Morgan fingerprint density at radius 3 is 3.00 bits per heavy atom. The fraction of sp³-hybridized carbons (Fsp3) is 0.588. The Kier molecular flexibility index (Phi) is 7.15. The molecule has 23 heavy (non-hydrogen) atoms. The van der Waals surface area contributed by atoms with Crippen LogP contribution < -0.4 is 10.5 Å². The Balaban J connectivity index is 1.98. The van der Waals surface area contributed by atoms with Gasteiger partial charge in [-0.1, -0.05) is 11.6 Å². The van der Waals surface area contributed by atoms with Crippen LogP contribution in [-0.2, 0) is 4.74 Å². The van der Waals surface area contributed by atoms with E-state index < -0.39 is 0 Å². The zero-order valence-corrected chi connectivity index (χ0v) is 14.3. The van der Waals surface area contributed by atoms with Crippen LogP contribution in [0.15, 0.2) is 18.2 Å². The summed E-state index contributed by atoms with van der Waals surface area (Å²) in [6.07, 6.45) is 4.51. The van der Waals surface area contributed by atoms with Crippen LogP contribution in [0.4, 0.5) is 0 Å². The molecule has 1 aromatic carbocycles. The van der Waals surface area contributed by atoms with Gasteiger partial charge < -0.3 is 20.1 Å². The van der Waals surface area contributed by atoms with Crippen LogP contribution in [0, 0.1) is 0 Å². The summed E-state index contributed by atoms with van der Waals surface area (Å²) in [6.45, 7) is 2.23. The van der Waals surface area contributed by atoms with Crippen molar-refractivity contribution >= 4 is 17.5 Å². The Labute approximate surface area is 142 Å². The van der Waals surface area contributed by atoms with Crippen LogP contribution >= 0.6 is 11.6 Å². The molecule has 1 amide bonds. The number of rotatable bonds is 7. The Morgan fingerprint density at radius 2 is 2.30 bits per heavy atom. The summed E-state index contributed by atoms with van der Waals surface area (Å²) < 4.78 is 11.3. The Hall–Kier alpha value is -1.30. The van der Waals surface area contributed by atoms with Gasteiger partial charge in [0.1, 0.15) is 12.4 Å². The summed E-state index contributed by atoms with van der Waals surface area (Å²) in [5.41, 5.74) is 5.93. The summed E-state index contributed by atoms with van der Waals surface area (Å²) in [4.78, 5) is 14.4. The maximum absolute atomic E-state index is 12.7. The number of carbonyl (C=O) groups is 1. The van der Waals surface area contributed by atoms with Crippen LogP contribution in [0.3, 0.4) is 0 Å². The molecule has 6 heteroatoms. The first kappa shape index (κ1) is 18.0. The first-order valence-electron chi connectivity index (χ1n) is 8.11. The molecule has 5 nitrogen and oxygen atoms in total. The van der Waals surface area contributed by atoms with Gasteiger partial charge >= 0.3 is 0 Å². The number of carbonyl (C=O) groups excluding carboxylic acids is 1. The minimum absolute atomic E-state index is 0.102. The lowest BCUT2D eigenvalue weighted by Gasteiger charge is -2.25. The quantitative estimate of drug-likeness (QED) is 0.828. The lowest BCUT2D eigenvalue weighted by Crippen LogP contribution is -2.32. The average molecular weight is 341 g/mol. The molecule has 2 N–H and O–H groups in total. The van der Waals surface area contributed by atoms with Crippen LogP contribution in [0.5, 0.6) is 5.75 Å². The average Bonchev–Trinajstić information content (AvgIpc) is 2.58. The van der Waals surface area contributed by atoms with Crippen molar-refractivity contribution in [3.63, 3.8) is 0 Å². The van der Waals surface area contributed by atoms with E-state index in [2.05, 4.69) is 0 Å². The molecule has 0 bridgehead atoms. The first-order valence-corrected chi connectivity index (χ1v) is 8.49. The van der Waals surface area contributed by atoms with Crippen LogP contribution in [0.25, 0.3) is 0 Å². The molecule has 0 aliphatic carbocycles. The van der Waals surface area contributed by atoms with Gasteiger partial charge in [-0.05, 0) is 43.9 Å². The molecular weight excluding hydrogens is 316 g/mol. The molecule has 1 heterocycles. The second-order valence-corrected chi connectivity index (χ2v) is 6.22. The number of nitrogens with zero attached hydrogens (tertiary/aromatic N) is 1. The van der Waals surface area contributed by atoms with Gasteiger partial charge in [0.15, 0.2) is 0 Å². The second-order valence-electron chi connectivity index (χ2n) is 5.78. The maximum atomic E-state index is 12.7. The summed E-state index contributed by atoms with van der Waals surface area (Å²) >= 11 is 6.03. The van der Waals surface area contributed by atoms with E-state index in [-0.39, 0.29) is 12.0 Å². The minimum atomic E-state index is -0.102. The normalized spacial score (nSPS) is 17.8. The van der Waals surface area contributed by atoms with Crippen molar-refractivity contribution in [2.45, 2.75) is 31.8 Å². The van der Waals surface area contributed by atoms with Crippen molar-refractivity contribution < 1.29 is 14.3 Å². The number of ether oxygens (including phenoxy) is 2. The van der Waals surface area contributed by atoms with E-state index in [0.29, 0.717) is 36.0 Å². The molecule has 1 atom stereocenters. The van der Waals surface area contributed by atoms with Gasteiger partial charge in [-0.2, -0.15) is 0 Å². The number of hydrogen-bond donors (Lipinski definition) is 1. The fourth-order valence-electron chi connectivity index (χ4n) is 2.64. The van der Waals surface area contributed by atoms with Crippen LogP contribution in [0.1, 0.15) is 36.0 Å². The molecule has 0 aromatic heterocycles. The molecular formula is C17H25ClN2O3. The summed E-state index contributed by atoms with van der Waals surface area (Å²) in [5.74, 6) is 0.418. The number of halogens is 1. The Morgan fingerprint density at radius 1 is 1.48 bits per heavy atom. The molecule has 1 aliphatic heterocycles. The number of nitrogens with two attached hydrogens (primary N) is 1. The van der Waals surface area contributed by atoms with E-state index >= 15 is 0 Å². The molecule has 0 spiro atoms. The highest BCUT2D eigenvalue weighted by atomic mass is 35.5.